The second-order valence-electron chi connectivity index (χ2n) is 3.65. The van der Waals surface area contributed by atoms with E-state index in [-0.39, 0.29) is 12.4 Å². The first kappa shape index (κ1) is 12.9. The Bertz CT molecular complexity index is 331. The predicted molar refractivity (Wildman–Crippen MR) is 62.1 cm³/mol. The van der Waals surface area contributed by atoms with Crippen molar-refractivity contribution < 1.29 is 14.2 Å². The Balaban J connectivity index is 2.44. The van der Waals surface area contributed by atoms with E-state index in [1.807, 2.05) is 13.8 Å². The normalized spacial score (nSPS) is 12.5. The molecule has 1 aromatic carbocycles. The molecule has 0 aliphatic carbocycles. The van der Waals surface area contributed by atoms with Crippen molar-refractivity contribution in [1.29, 1.82) is 0 Å². The van der Waals surface area contributed by atoms with Crippen molar-refractivity contribution in [2.45, 2.75) is 20.0 Å². The van der Waals surface area contributed by atoms with E-state index < -0.39 is 6.10 Å². The number of benzene rings is 1. The number of hydrogen-bond donors (Lipinski definition) is 2. The van der Waals surface area contributed by atoms with E-state index in [1.165, 1.54) is 12.1 Å². The van der Waals surface area contributed by atoms with E-state index in [1.54, 1.807) is 6.07 Å². The van der Waals surface area contributed by atoms with Gasteiger partial charge in [-0.05, 0) is 31.5 Å². The number of aryl methyl sites for hydroxylation is 1. The Labute approximate surface area is 95.2 Å². The van der Waals surface area contributed by atoms with Crippen molar-refractivity contribution in [3.05, 3.63) is 29.6 Å². The van der Waals surface area contributed by atoms with Crippen LogP contribution in [0.1, 0.15) is 12.5 Å². The molecule has 0 aromatic heterocycles. The summed E-state index contributed by atoms with van der Waals surface area (Å²) in [6.45, 7) is 4.98. The maximum Gasteiger partial charge on any atom is 0.125 e. The molecule has 0 bridgehead atoms. The van der Waals surface area contributed by atoms with Gasteiger partial charge in [-0.2, -0.15) is 0 Å². The van der Waals surface area contributed by atoms with Crippen LogP contribution in [0.25, 0.3) is 0 Å². The van der Waals surface area contributed by atoms with Crippen LogP contribution in [0.5, 0.6) is 0 Å². The van der Waals surface area contributed by atoms with Crippen molar-refractivity contribution in [3.63, 3.8) is 0 Å². The van der Waals surface area contributed by atoms with Gasteiger partial charge in [0.05, 0.1) is 12.7 Å². The summed E-state index contributed by atoms with van der Waals surface area (Å²) in [6.07, 6.45) is -0.581. The lowest BCUT2D eigenvalue weighted by molar-refractivity contribution is 0.0496. The fraction of sp³-hybridized carbons (Fsp3) is 0.500. The minimum atomic E-state index is -0.581. The molecule has 90 valence electrons. The molecule has 0 saturated heterocycles. The first-order valence-electron chi connectivity index (χ1n) is 5.39. The highest BCUT2D eigenvalue weighted by atomic mass is 19.1. The van der Waals surface area contributed by atoms with E-state index in [4.69, 9.17) is 4.74 Å². The third-order valence-corrected chi connectivity index (χ3v) is 2.24. The molecule has 16 heavy (non-hydrogen) atoms. The molecule has 1 unspecified atom stereocenters. The molecule has 1 aromatic rings. The van der Waals surface area contributed by atoms with Crippen LogP contribution >= 0.6 is 0 Å². The minimum Gasteiger partial charge on any atom is -0.389 e. The SMILES string of the molecule is CCOCC(O)CNc1cc(F)ccc1C. The third-order valence-electron chi connectivity index (χ3n) is 2.24. The first-order valence-corrected chi connectivity index (χ1v) is 5.39. The number of nitrogens with one attached hydrogen (secondary N) is 1. The standard InChI is InChI=1S/C12H18FNO2/c1-3-16-8-11(15)7-14-12-6-10(13)5-4-9(12)2/h4-6,11,14-15H,3,7-8H2,1-2H3. The van der Waals surface area contributed by atoms with Crippen LogP contribution in [0.4, 0.5) is 10.1 Å². The average molecular weight is 227 g/mol. The highest BCUT2D eigenvalue weighted by Gasteiger charge is 2.05. The van der Waals surface area contributed by atoms with Gasteiger partial charge >= 0.3 is 0 Å². The van der Waals surface area contributed by atoms with Gasteiger partial charge in [-0.3, -0.25) is 0 Å². The Kier molecular flexibility index (Phi) is 5.22. The summed E-state index contributed by atoms with van der Waals surface area (Å²) in [5.41, 5.74) is 1.65. The van der Waals surface area contributed by atoms with Gasteiger partial charge in [0.25, 0.3) is 0 Å². The van der Waals surface area contributed by atoms with Gasteiger partial charge in [0, 0.05) is 18.8 Å². The molecular formula is C12H18FNO2. The summed E-state index contributed by atoms with van der Waals surface area (Å²) in [5.74, 6) is -0.285. The monoisotopic (exact) mass is 227 g/mol. The minimum absolute atomic E-state index is 0.285. The molecule has 1 rings (SSSR count). The molecule has 0 heterocycles. The molecular weight excluding hydrogens is 209 g/mol. The summed E-state index contributed by atoms with van der Waals surface area (Å²) >= 11 is 0. The number of anilines is 1. The van der Waals surface area contributed by atoms with E-state index in [2.05, 4.69) is 5.32 Å². The number of hydrogen-bond acceptors (Lipinski definition) is 3. The highest BCUT2D eigenvalue weighted by Crippen LogP contribution is 2.15. The van der Waals surface area contributed by atoms with Crippen LogP contribution in [0.15, 0.2) is 18.2 Å². The number of rotatable bonds is 6. The van der Waals surface area contributed by atoms with Gasteiger partial charge in [-0.25, -0.2) is 4.39 Å². The zero-order valence-corrected chi connectivity index (χ0v) is 9.66. The Hall–Kier alpha value is -1.13. The van der Waals surface area contributed by atoms with Gasteiger partial charge in [-0.15, -0.1) is 0 Å². The lowest BCUT2D eigenvalue weighted by atomic mass is 10.2. The second kappa shape index (κ2) is 6.45. The topological polar surface area (TPSA) is 41.5 Å². The second-order valence-corrected chi connectivity index (χ2v) is 3.65. The number of ether oxygens (including phenoxy) is 1. The van der Waals surface area contributed by atoms with Crippen LogP contribution in [0, 0.1) is 12.7 Å². The molecule has 0 aliphatic heterocycles. The summed E-state index contributed by atoms with van der Waals surface area (Å²) in [6, 6.07) is 4.53. The molecule has 0 radical (unpaired) electrons. The summed E-state index contributed by atoms with van der Waals surface area (Å²) in [5, 5.41) is 12.5. The highest BCUT2D eigenvalue weighted by molar-refractivity contribution is 5.50. The lowest BCUT2D eigenvalue weighted by Gasteiger charge is -2.14. The van der Waals surface area contributed by atoms with E-state index >= 15 is 0 Å². The first-order chi connectivity index (χ1) is 7.63. The fourth-order valence-electron chi connectivity index (χ4n) is 1.33. The van der Waals surface area contributed by atoms with Gasteiger partial charge < -0.3 is 15.2 Å². The summed E-state index contributed by atoms with van der Waals surface area (Å²) in [4.78, 5) is 0. The fourth-order valence-corrected chi connectivity index (χ4v) is 1.33. The van der Waals surface area contributed by atoms with Crippen LogP contribution in [-0.4, -0.2) is 31.0 Å². The molecule has 4 heteroatoms. The molecule has 1 atom stereocenters. The van der Waals surface area contributed by atoms with Crippen LogP contribution < -0.4 is 5.32 Å². The summed E-state index contributed by atoms with van der Waals surface area (Å²) in [7, 11) is 0. The lowest BCUT2D eigenvalue weighted by Crippen LogP contribution is -2.25. The molecule has 0 amide bonds. The van der Waals surface area contributed by atoms with Crippen LogP contribution in [0.2, 0.25) is 0 Å². The molecule has 0 spiro atoms. The van der Waals surface area contributed by atoms with E-state index in [0.29, 0.717) is 18.8 Å². The van der Waals surface area contributed by atoms with Crippen molar-refractivity contribution in [2.75, 3.05) is 25.1 Å². The average Bonchev–Trinajstić information content (AvgIpc) is 2.27. The van der Waals surface area contributed by atoms with Gasteiger partial charge in [0.2, 0.25) is 0 Å². The molecule has 3 nitrogen and oxygen atoms in total. The largest absolute Gasteiger partial charge is 0.389 e. The Morgan fingerprint density at radius 3 is 2.94 bits per heavy atom. The smallest absolute Gasteiger partial charge is 0.125 e. The van der Waals surface area contributed by atoms with Gasteiger partial charge in [-0.1, -0.05) is 6.07 Å². The zero-order chi connectivity index (χ0) is 12.0. The van der Waals surface area contributed by atoms with E-state index in [9.17, 15) is 9.50 Å². The van der Waals surface area contributed by atoms with Gasteiger partial charge in [0.1, 0.15) is 5.82 Å². The molecule has 2 N–H and O–H groups in total. The van der Waals surface area contributed by atoms with Crippen LogP contribution in [-0.2, 0) is 4.74 Å². The van der Waals surface area contributed by atoms with Crippen LogP contribution in [0.3, 0.4) is 0 Å². The van der Waals surface area contributed by atoms with Crippen molar-refractivity contribution >= 4 is 5.69 Å². The maximum absolute atomic E-state index is 12.9. The Morgan fingerprint density at radius 2 is 2.25 bits per heavy atom. The molecule has 0 saturated carbocycles. The summed E-state index contributed by atoms with van der Waals surface area (Å²) < 4.78 is 18.0. The van der Waals surface area contributed by atoms with E-state index in [0.717, 1.165) is 5.56 Å². The molecule has 0 aliphatic rings. The zero-order valence-electron chi connectivity index (χ0n) is 9.66. The molecule has 0 fully saturated rings. The number of aliphatic hydroxyl groups excluding tert-OH is 1. The van der Waals surface area contributed by atoms with Crippen molar-refractivity contribution in [1.82, 2.24) is 0 Å². The van der Waals surface area contributed by atoms with Gasteiger partial charge in [0.15, 0.2) is 0 Å². The van der Waals surface area contributed by atoms with Crippen molar-refractivity contribution in [3.8, 4) is 0 Å². The van der Waals surface area contributed by atoms with Crippen molar-refractivity contribution in [2.24, 2.45) is 0 Å². The Morgan fingerprint density at radius 1 is 1.50 bits per heavy atom. The number of halogens is 1. The number of aliphatic hydroxyl groups is 1. The quantitative estimate of drug-likeness (QED) is 0.780. The maximum atomic E-state index is 12.9. The predicted octanol–water partition coefficient (Wildman–Crippen LogP) is 1.94. The third kappa shape index (κ3) is 4.16.